The van der Waals surface area contributed by atoms with Gasteiger partial charge in [0.2, 0.25) is 0 Å². The van der Waals surface area contributed by atoms with Crippen LogP contribution in [0.1, 0.15) is 45.8 Å². The molecular weight excluding hydrogens is 288 g/mol. The topological polar surface area (TPSA) is 45.5 Å². The molecule has 4 heteroatoms. The van der Waals surface area contributed by atoms with Crippen LogP contribution in [-0.2, 0) is 0 Å². The van der Waals surface area contributed by atoms with E-state index in [0.29, 0.717) is 11.3 Å². The molecule has 4 nitrogen and oxygen atoms in total. The van der Waals surface area contributed by atoms with Gasteiger partial charge in [0.15, 0.2) is 0 Å². The van der Waals surface area contributed by atoms with Gasteiger partial charge < -0.3 is 14.6 Å². The van der Waals surface area contributed by atoms with Crippen LogP contribution in [0.15, 0.2) is 22.6 Å². The summed E-state index contributed by atoms with van der Waals surface area (Å²) in [6, 6.07) is 6.13. The SMILES string of the molecule is Cc1cc(NC(=O)c2c(C)oc(C)c2C)ccc1N1CCCC1. The first-order valence-electron chi connectivity index (χ1n) is 8.21. The summed E-state index contributed by atoms with van der Waals surface area (Å²) >= 11 is 0. The summed E-state index contributed by atoms with van der Waals surface area (Å²) in [5, 5.41) is 2.99. The van der Waals surface area contributed by atoms with Gasteiger partial charge >= 0.3 is 0 Å². The summed E-state index contributed by atoms with van der Waals surface area (Å²) in [6.45, 7) is 9.98. The van der Waals surface area contributed by atoms with Crippen molar-refractivity contribution in [2.45, 2.75) is 40.5 Å². The number of aryl methyl sites for hydroxylation is 3. The molecule has 1 N–H and O–H groups in total. The molecule has 1 aliphatic rings. The van der Waals surface area contributed by atoms with Crippen LogP contribution in [-0.4, -0.2) is 19.0 Å². The molecule has 0 spiro atoms. The van der Waals surface area contributed by atoms with Gasteiger partial charge in [-0.25, -0.2) is 0 Å². The van der Waals surface area contributed by atoms with Crippen molar-refractivity contribution in [3.8, 4) is 0 Å². The smallest absolute Gasteiger partial charge is 0.259 e. The third-order valence-corrected chi connectivity index (χ3v) is 4.69. The number of nitrogens with zero attached hydrogens (tertiary/aromatic N) is 1. The molecule has 0 unspecified atom stereocenters. The lowest BCUT2D eigenvalue weighted by molar-refractivity contribution is 0.102. The number of benzene rings is 1. The number of rotatable bonds is 3. The van der Waals surface area contributed by atoms with Gasteiger partial charge in [-0.2, -0.15) is 0 Å². The van der Waals surface area contributed by atoms with E-state index in [0.717, 1.165) is 30.1 Å². The van der Waals surface area contributed by atoms with Crippen LogP contribution in [0.2, 0.25) is 0 Å². The summed E-state index contributed by atoms with van der Waals surface area (Å²) in [5.74, 6) is 1.36. The number of carbonyl (C=O) groups excluding carboxylic acids is 1. The van der Waals surface area contributed by atoms with Gasteiger partial charge in [-0.05, 0) is 64.3 Å². The summed E-state index contributed by atoms with van der Waals surface area (Å²) in [5.41, 5.74) is 4.84. The molecule has 1 aliphatic heterocycles. The van der Waals surface area contributed by atoms with Crippen molar-refractivity contribution in [3.63, 3.8) is 0 Å². The normalized spacial score (nSPS) is 14.3. The minimum atomic E-state index is -0.106. The molecule has 1 saturated heterocycles. The van der Waals surface area contributed by atoms with Crippen molar-refractivity contribution < 1.29 is 9.21 Å². The fourth-order valence-corrected chi connectivity index (χ4v) is 3.37. The van der Waals surface area contributed by atoms with E-state index in [4.69, 9.17) is 4.42 Å². The highest BCUT2D eigenvalue weighted by atomic mass is 16.3. The van der Waals surface area contributed by atoms with Gasteiger partial charge in [0, 0.05) is 30.0 Å². The fourth-order valence-electron chi connectivity index (χ4n) is 3.37. The molecule has 23 heavy (non-hydrogen) atoms. The summed E-state index contributed by atoms with van der Waals surface area (Å²) in [7, 11) is 0. The van der Waals surface area contributed by atoms with Crippen molar-refractivity contribution in [3.05, 3.63) is 46.4 Å². The Morgan fingerprint density at radius 2 is 1.78 bits per heavy atom. The second-order valence-electron chi connectivity index (χ2n) is 6.36. The second kappa shape index (κ2) is 6.11. The molecule has 122 valence electrons. The quantitative estimate of drug-likeness (QED) is 0.915. The van der Waals surface area contributed by atoms with Gasteiger partial charge in [-0.3, -0.25) is 4.79 Å². The Kier molecular flexibility index (Phi) is 4.16. The van der Waals surface area contributed by atoms with Gasteiger partial charge in [-0.1, -0.05) is 0 Å². The monoisotopic (exact) mass is 312 g/mol. The summed E-state index contributed by atoms with van der Waals surface area (Å²) < 4.78 is 5.55. The Labute approximate surface area is 137 Å². The van der Waals surface area contributed by atoms with E-state index < -0.39 is 0 Å². The van der Waals surface area contributed by atoms with Gasteiger partial charge in [0.25, 0.3) is 5.91 Å². The molecule has 1 fully saturated rings. The van der Waals surface area contributed by atoms with Crippen molar-refractivity contribution >= 4 is 17.3 Å². The molecule has 1 amide bonds. The number of amides is 1. The highest BCUT2D eigenvalue weighted by molar-refractivity contribution is 6.06. The molecule has 2 heterocycles. The van der Waals surface area contributed by atoms with E-state index in [1.807, 2.05) is 32.9 Å². The highest BCUT2D eigenvalue weighted by Gasteiger charge is 2.19. The lowest BCUT2D eigenvalue weighted by Gasteiger charge is -2.20. The number of carbonyl (C=O) groups is 1. The van der Waals surface area contributed by atoms with Crippen LogP contribution >= 0.6 is 0 Å². The first kappa shape index (κ1) is 15.7. The third kappa shape index (κ3) is 2.98. The van der Waals surface area contributed by atoms with E-state index in [1.165, 1.54) is 24.1 Å². The largest absolute Gasteiger partial charge is 0.466 e. The standard InChI is InChI=1S/C19H24N2O2/c1-12-11-16(7-8-17(12)21-9-5-6-10-21)20-19(22)18-13(2)14(3)23-15(18)4/h7-8,11H,5-6,9-10H2,1-4H3,(H,20,22). The van der Waals surface area contributed by atoms with Crippen molar-refractivity contribution in [2.75, 3.05) is 23.3 Å². The van der Waals surface area contributed by atoms with Crippen LogP contribution < -0.4 is 10.2 Å². The van der Waals surface area contributed by atoms with Crippen LogP contribution in [0.25, 0.3) is 0 Å². The molecule has 0 atom stereocenters. The van der Waals surface area contributed by atoms with Crippen molar-refractivity contribution in [2.24, 2.45) is 0 Å². The van der Waals surface area contributed by atoms with Crippen LogP contribution in [0.4, 0.5) is 11.4 Å². The lowest BCUT2D eigenvalue weighted by Crippen LogP contribution is -2.19. The maximum absolute atomic E-state index is 12.5. The van der Waals surface area contributed by atoms with Crippen LogP contribution in [0.5, 0.6) is 0 Å². The number of anilines is 2. The van der Waals surface area contributed by atoms with E-state index in [2.05, 4.69) is 23.2 Å². The first-order chi connectivity index (χ1) is 11.0. The molecule has 3 rings (SSSR count). The zero-order valence-electron chi connectivity index (χ0n) is 14.3. The first-order valence-corrected chi connectivity index (χ1v) is 8.21. The summed E-state index contributed by atoms with van der Waals surface area (Å²) in [4.78, 5) is 15.0. The molecule has 1 aromatic heterocycles. The number of furan rings is 1. The Balaban J connectivity index is 1.80. The summed E-state index contributed by atoms with van der Waals surface area (Å²) in [6.07, 6.45) is 2.52. The molecule has 0 aliphatic carbocycles. The predicted octanol–water partition coefficient (Wildman–Crippen LogP) is 4.37. The molecule has 0 bridgehead atoms. The fraction of sp³-hybridized carbons (Fsp3) is 0.421. The minimum Gasteiger partial charge on any atom is -0.466 e. The Morgan fingerprint density at radius 1 is 1.09 bits per heavy atom. The number of hydrogen-bond donors (Lipinski definition) is 1. The lowest BCUT2D eigenvalue weighted by atomic mass is 10.1. The Bertz CT molecular complexity index is 740. The van der Waals surface area contributed by atoms with Crippen LogP contribution in [0.3, 0.4) is 0 Å². The molecule has 1 aromatic carbocycles. The maximum Gasteiger partial charge on any atom is 0.259 e. The Morgan fingerprint density at radius 3 is 2.35 bits per heavy atom. The predicted molar refractivity (Wildman–Crippen MR) is 93.5 cm³/mol. The molecule has 2 aromatic rings. The highest BCUT2D eigenvalue weighted by Crippen LogP contribution is 2.27. The van der Waals surface area contributed by atoms with E-state index >= 15 is 0 Å². The van der Waals surface area contributed by atoms with Gasteiger partial charge in [0.05, 0.1) is 5.56 Å². The maximum atomic E-state index is 12.5. The number of hydrogen-bond acceptors (Lipinski definition) is 3. The van der Waals surface area contributed by atoms with Gasteiger partial charge in [-0.15, -0.1) is 0 Å². The second-order valence-corrected chi connectivity index (χ2v) is 6.36. The molecular formula is C19H24N2O2. The zero-order chi connectivity index (χ0) is 16.6. The van der Waals surface area contributed by atoms with E-state index in [-0.39, 0.29) is 5.91 Å². The Hall–Kier alpha value is -2.23. The van der Waals surface area contributed by atoms with Gasteiger partial charge in [0.1, 0.15) is 11.5 Å². The van der Waals surface area contributed by atoms with Crippen LogP contribution in [0, 0.1) is 27.7 Å². The molecule has 0 saturated carbocycles. The average molecular weight is 312 g/mol. The number of nitrogens with one attached hydrogen (secondary N) is 1. The average Bonchev–Trinajstić information content (AvgIpc) is 3.08. The van der Waals surface area contributed by atoms with Crippen molar-refractivity contribution in [1.29, 1.82) is 0 Å². The third-order valence-electron chi connectivity index (χ3n) is 4.69. The molecule has 0 radical (unpaired) electrons. The minimum absolute atomic E-state index is 0.106. The zero-order valence-corrected chi connectivity index (χ0v) is 14.3. The van der Waals surface area contributed by atoms with Crippen molar-refractivity contribution in [1.82, 2.24) is 0 Å². The van der Waals surface area contributed by atoms with E-state index in [1.54, 1.807) is 0 Å². The van der Waals surface area contributed by atoms with E-state index in [9.17, 15) is 4.79 Å².